The van der Waals surface area contributed by atoms with Gasteiger partial charge in [0, 0.05) is 7.05 Å². The third-order valence-electron chi connectivity index (χ3n) is 1.69. The first-order chi connectivity index (χ1) is 6.16. The van der Waals surface area contributed by atoms with Crippen LogP contribution in [0.5, 0.6) is 5.75 Å². The van der Waals surface area contributed by atoms with Crippen LogP contribution in [0.1, 0.15) is 12.1 Å². The SMILES string of the molecule is Cc1nn(C)c(Cl)c1OCCCN. The molecule has 13 heavy (non-hydrogen) atoms. The quantitative estimate of drug-likeness (QED) is 0.746. The molecule has 1 aromatic rings. The molecule has 0 aliphatic carbocycles. The Morgan fingerprint density at radius 3 is 2.77 bits per heavy atom. The van der Waals surface area contributed by atoms with Crippen molar-refractivity contribution < 1.29 is 4.74 Å². The van der Waals surface area contributed by atoms with Gasteiger partial charge in [-0.1, -0.05) is 11.6 Å². The van der Waals surface area contributed by atoms with Gasteiger partial charge in [-0.15, -0.1) is 0 Å². The Kier molecular flexibility index (Phi) is 3.57. The Bertz CT molecular complexity index is 285. The highest BCUT2D eigenvalue weighted by Gasteiger charge is 2.11. The average molecular weight is 204 g/mol. The minimum Gasteiger partial charge on any atom is -0.488 e. The fourth-order valence-electron chi connectivity index (χ4n) is 1.03. The first kappa shape index (κ1) is 10.3. The van der Waals surface area contributed by atoms with E-state index in [0.717, 1.165) is 12.1 Å². The molecule has 0 aliphatic heterocycles. The van der Waals surface area contributed by atoms with Crippen molar-refractivity contribution in [1.29, 1.82) is 0 Å². The van der Waals surface area contributed by atoms with Gasteiger partial charge in [0.2, 0.25) is 0 Å². The van der Waals surface area contributed by atoms with Gasteiger partial charge in [-0.3, -0.25) is 4.68 Å². The zero-order valence-electron chi connectivity index (χ0n) is 7.88. The molecule has 0 bridgehead atoms. The minimum absolute atomic E-state index is 0.537. The van der Waals surface area contributed by atoms with Crippen molar-refractivity contribution in [3.05, 3.63) is 10.8 Å². The second-order valence-corrected chi connectivity index (χ2v) is 3.18. The monoisotopic (exact) mass is 203 g/mol. The first-order valence-electron chi connectivity index (χ1n) is 4.18. The fraction of sp³-hybridized carbons (Fsp3) is 0.625. The predicted octanol–water partition coefficient (Wildman–Crippen LogP) is 1.11. The molecule has 4 nitrogen and oxygen atoms in total. The number of rotatable bonds is 4. The Balaban J connectivity index is 2.64. The van der Waals surface area contributed by atoms with Crippen LogP contribution in [-0.2, 0) is 7.05 Å². The Morgan fingerprint density at radius 1 is 1.62 bits per heavy atom. The summed E-state index contributed by atoms with van der Waals surface area (Å²) in [6.45, 7) is 3.07. The molecule has 0 radical (unpaired) electrons. The van der Waals surface area contributed by atoms with Crippen molar-refractivity contribution in [1.82, 2.24) is 9.78 Å². The smallest absolute Gasteiger partial charge is 0.179 e. The van der Waals surface area contributed by atoms with Crippen molar-refractivity contribution in [2.45, 2.75) is 13.3 Å². The maximum absolute atomic E-state index is 5.94. The summed E-state index contributed by atoms with van der Waals surface area (Å²) < 4.78 is 7.03. The van der Waals surface area contributed by atoms with Crippen LogP contribution in [-0.4, -0.2) is 22.9 Å². The van der Waals surface area contributed by atoms with E-state index < -0.39 is 0 Å². The van der Waals surface area contributed by atoms with Crippen LogP contribution in [0.15, 0.2) is 0 Å². The highest BCUT2D eigenvalue weighted by atomic mass is 35.5. The minimum atomic E-state index is 0.537. The van der Waals surface area contributed by atoms with Crippen molar-refractivity contribution >= 4 is 11.6 Å². The zero-order valence-corrected chi connectivity index (χ0v) is 8.64. The van der Waals surface area contributed by atoms with Crippen molar-refractivity contribution in [3.8, 4) is 5.75 Å². The number of nitrogens with zero attached hydrogens (tertiary/aromatic N) is 2. The lowest BCUT2D eigenvalue weighted by Crippen LogP contribution is -2.06. The van der Waals surface area contributed by atoms with Crippen molar-refractivity contribution in [2.24, 2.45) is 12.8 Å². The van der Waals surface area contributed by atoms with E-state index in [2.05, 4.69) is 5.10 Å². The van der Waals surface area contributed by atoms with Gasteiger partial charge in [0.1, 0.15) is 5.69 Å². The first-order valence-corrected chi connectivity index (χ1v) is 4.56. The highest BCUT2D eigenvalue weighted by Crippen LogP contribution is 2.27. The lowest BCUT2D eigenvalue weighted by molar-refractivity contribution is 0.311. The molecule has 5 heteroatoms. The normalized spacial score (nSPS) is 10.5. The molecule has 2 N–H and O–H groups in total. The summed E-state index contributed by atoms with van der Waals surface area (Å²) in [7, 11) is 1.78. The molecule has 0 fully saturated rings. The molecule has 0 spiro atoms. The maximum Gasteiger partial charge on any atom is 0.179 e. The molecule has 0 atom stereocenters. The van der Waals surface area contributed by atoms with Crippen LogP contribution < -0.4 is 10.5 Å². The summed E-state index contributed by atoms with van der Waals surface area (Å²) in [5, 5.41) is 4.65. The van der Waals surface area contributed by atoms with Gasteiger partial charge >= 0.3 is 0 Å². The Labute approximate surface area is 82.6 Å². The zero-order chi connectivity index (χ0) is 9.84. The number of halogens is 1. The van der Waals surface area contributed by atoms with Crippen LogP contribution >= 0.6 is 11.6 Å². The lowest BCUT2D eigenvalue weighted by Gasteiger charge is -2.03. The molecule has 0 unspecified atom stereocenters. The van der Waals surface area contributed by atoms with E-state index in [4.69, 9.17) is 22.1 Å². The molecule has 1 aromatic heterocycles. The molecule has 1 heterocycles. The van der Waals surface area contributed by atoms with E-state index in [-0.39, 0.29) is 0 Å². The molecule has 0 aromatic carbocycles. The van der Waals surface area contributed by atoms with Gasteiger partial charge in [-0.25, -0.2) is 0 Å². The molecular weight excluding hydrogens is 190 g/mol. The fourth-order valence-corrected chi connectivity index (χ4v) is 1.26. The van der Waals surface area contributed by atoms with Gasteiger partial charge in [-0.2, -0.15) is 5.10 Å². The molecule has 74 valence electrons. The number of nitrogens with two attached hydrogens (primary N) is 1. The van der Waals surface area contributed by atoms with Crippen LogP contribution in [0.3, 0.4) is 0 Å². The highest BCUT2D eigenvalue weighted by molar-refractivity contribution is 6.31. The van der Waals surface area contributed by atoms with Gasteiger partial charge in [0.25, 0.3) is 0 Å². The van der Waals surface area contributed by atoms with E-state index in [9.17, 15) is 0 Å². The topological polar surface area (TPSA) is 53.1 Å². The summed E-state index contributed by atoms with van der Waals surface area (Å²) in [5.41, 5.74) is 6.15. The number of aromatic nitrogens is 2. The van der Waals surface area contributed by atoms with Crippen molar-refractivity contribution in [2.75, 3.05) is 13.2 Å². The van der Waals surface area contributed by atoms with E-state index >= 15 is 0 Å². The van der Waals surface area contributed by atoms with Gasteiger partial charge in [-0.05, 0) is 19.9 Å². The molecule has 1 rings (SSSR count). The molecule has 0 aliphatic rings. The number of aryl methyl sites for hydroxylation is 2. The summed E-state index contributed by atoms with van der Waals surface area (Å²) in [6.07, 6.45) is 0.824. The third kappa shape index (κ3) is 2.35. The lowest BCUT2D eigenvalue weighted by atomic mass is 10.4. The molecule has 0 saturated carbocycles. The van der Waals surface area contributed by atoms with Crippen LogP contribution in [0.2, 0.25) is 5.15 Å². The Hall–Kier alpha value is -0.740. The number of hydrogen-bond donors (Lipinski definition) is 1. The molecular formula is C8H14ClN3O. The van der Waals surface area contributed by atoms with E-state index in [0.29, 0.717) is 24.1 Å². The second-order valence-electron chi connectivity index (χ2n) is 2.82. The Morgan fingerprint density at radius 2 is 2.31 bits per heavy atom. The second kappa shape index (κ2) is 4.48. The summed E-state index contributed by atoms with van der Waals surface area (Å²) in [6, 6.07) is 0. The van der Waals surface area contributed by atoms with E-state index in [1.807, 2.05) is 6.92 Å². The summed E-state index contributed by atoms with van der Waals surface area (Å²) in [4.78, 5) is 0. The van der Waals surface area contributed by atoms with Crippen molar-refractivity contribution in [3.63, 3.8) is 0 Å². The predicted molar refractivity (Wildman–Crippen MR) is 52.1 cm³/mol. The van der Waals surface area contributed by atoms with Gasteiger partial charge in [0.05, 0.1) is 6.61 Å². The average Bonchev–Trinajstić information content (AvgIpc) is 2.32. The van der Waals surface area contributed by atoms with Gasteiger partial charge in [0.15, 0.2) is 10.9 Å². The van der Waals surface area contributed by atoms with E-state index in [1.54, 1.807) is 11.7 Å². The van der Waals surface area contributed by atoms with Gasteiger partial charge < -0.3 is 10.5 Å². The van der Waals surface area contributed by atoms with Crippen LogP contribution in [0.25, 0.3) is 0 Å². The standard InChI is InChI=1S/C8H14ClN3O/c1-6-7(13-5-3-4-10)8(9)12(2)11-6/h3-5,10H2,1-2H3. The van der Waals surface area contributed by atoms with Crippen LogP contribution in [0, 0.1) is 6.92 Å². The molecule has 0 amide bonds. The molecule has 0 saturated heterocycles. The largest absolute Gasteiger partial charge is 0.488 e. The summed E-state index contributed by atoms with van der Waals surface area (Å²) in [5.74, 6) is 0.664. The number of ether oxygens (including phenoxy) is 1. The van der Waals surface area contributed by atoms with E-state index in [1.165, 1.54) is 0 Å². The third-order valence-corrected chi connectivity index (χ3v) is 2.11. The number of hydrogen-bond acceptors (Lipinski definition) is 3. The summed E-state index contributed by atoms with van der Waals surface area (Å²) >= 11 is 5.94. The maximum atomic E-state index is 5.94. The van der Waals surface area contributed by atoms with Crippen LogP contribution in [0.4, 0.5) is 0 Å².